The van der Waals surface area contributed by atoms with Crippen molar-refractivity contribution in [3.05, 3.63) is 23.4 Å². The SMILES string of the molecule is CC#CC(C)N1CN(C/C=C/CC)C(=O)N(c2snc(CC)c2C)C1. The van der Waals surface area contributed by atoms with Crippen molar-refractivity contribution in [1.29, 1.82) is 0 Å². The number of allylic oxidation sites excluding steroid dienone is 1. The van der Waals surface area contributed by atoms with Crippen molar-refractivity contribution in [2.24, 2.45) is 0 Å². The van der Waals surface area contributed by atoms with Crippen LogP contribution >= 0.6 is 11.5 Å². The number of carbonyl (C=O) groups excluding carboxylic acids is 1. The molecule has 0 spiro atoms. The van der Waals surface area contributed by atoms with Gasteiger partial charge in [-0.1, -0.05) is 31.9 Å². The molecule has 136 valence electrons. The van der Waals surface area contributed by atoms with Crippen molar-refractivity contribution in [2.75, 3.05) is 24.8 Å². The molecule has 5 nitrogen and oxygen atoms in total. The van der Waals surface area contributed by atoms with Crippen LogP contribution in [0.3, 0.4) is 0 Å². The second-order valence-electron chi connectivity index (χ2n) is 6.17. The Bertz CT molecular complexity index is 685. The number of nitrogens with zero attached hydrogens (tertiary/aromatic N) is 4. The van der Waals surface area contributed by atoms with Gasteiger partial charge in [0.15, 0.2) is 0 Å². The maximum Gasteiger partial charge on any atom is 0.327 e. The summed E-state index contributed by atoms with van der Waals surface area (Å²) in [5, 5.41) is 0.952. The summed E-state index contributed by atoms with van der Waals surface area (Å²) in [4.78, 5) is 19.0. The van der Waals surface area contributed by atoms with E-state index in [0.29, 0.717) is 19.9 Å². The monoisotopic (exact) mass is 360 g/mol. The summed E-state index contributed by atoms with van der Waals surface area (Å²) in [7, 11) is 0. The Morgan fingerprint density at radius 2 is 2.08 bits per heavy atom. The minimum atomic E-state index is 0.0445. The average Bonchev–Trinajstić information content (AvgIpc) is 2.97. The number of carbonyl (C=O) groups is 1. The highest BCUT2D eigenvalue weighted by atomic mass is 32.1. The molecular weight excluding hydrogens is 332 g/mol. The third-order valence-corrected chi connectivity index (χ3v) is 5.39. The van der Waals surface area contributed by atoms with Crippen molar-refractivity contribution in [3.8, 4) is 11.8 Å². The zero-order valence-corrected chi connectivity index (χ0v) is 16.7. The minimum absolute atomic E-state index is 0.0445. The van der Waals surface area contributed by atoms with Crippen LogP contribution in [0.5, 0.6) is 0 Å². The van der Waals surface area contributed by atoms with Crippen molar-refractivity contribution in [3.63, 3.8) is 0 Å². The average molecular weight is 361 g/mol. The van der Waals surface area contributed by atoms with Crippen molar-refractivity contribution in [2.45, 2.75) is 53.5 Å². The quantitative estimate of drug-likeness (QED) is 0.571. The fraction of sp³-hybridized carbons (Fsp3) is 0.579. The number of urea groups is 1. The first kappa shape index (κ1) is 19.5. The van der Waals surface area contributed by atoms with Crippen molar-refractivity contribution >= 4 is 22.6 Å². The van der Waals surface area contributed by atoms with Gasteiger partial charge in [0.2, 0.25) is 0 Å². The van der Waals surface area contributed by atoms with E-state index in [4.69, 9.17) is 0 Å². The van der Waals surface area contributed by atoms with Crippen LogP contribution in [0.4, 0.5) is 9.80 Å². The van der Waals surface area contributed by atoms with Crippen molar-refractivity contribution in [1.82, 2.24) is 14.2 Å². The Balaban J connectivity index is 2.31. The first-order chi connectivity index (χ1) is 12.0. The Kier molecular flexibility index (Phi) is 7.03. The molecule has 0 bridgehead atoms. The standard InChI is InChI=1S/C19H28N4OS/c1-6-9-10-12-21-13-22(15(4)11-7-2)14-23(19(21)24)18-16(5)17(8-3)20-25-18/h9-10,15H,6,8,12-14H2,1-5H3/b10-9+. The highest BCUT2D eigenvalue weighted by molar-refractivity contribution is 7.10. The molecule has 6 heteroatoms. The second kappa shape index (κ2) is 9.02. The van der Waals surface area contributed by atoms with Crippen LogP contribution in [0, 0.1) is 18.8 Å². The van der Waals surface area contributed by atoms with Gasteiger partial charge in [0.1, 0.15) is 5.00 Å². The lowest BCUT2D eigenvalue weighted by atomic mass is 10.2. The van der Waals surface area contributed by atoms with E-state index < -0.39 is 0 Å². The normalized spacial score (nSPS) is 17.1. The Morgan fingerprint density at radius 3 is 2.68 bits per heavy atom. The molecule has 0 aromatic carbocycles. The zero-order chi connectivity index (χ0) is 18.4. The summed E-state index contributed by atoms with van der Waals surface area (Å²) in [6, 6.07) is 0.139. The lowest BCUT2D eigenvalue weighted by molar-refractivity contribution is 0.111. The maximum atomic E-state index is 13.0. The van der Waals surface area contributed by atoms with Gasteiger partial charge in [-0.2, -0.15) is 4.37 Å². The number of aromatic nitrogens is 1. The van der Waals surface area contributed by atoms with Crippen LogP contribution in [0.1, 0.15) is 45.4 Å². The molecule has 1 unspecified atom stereocenters. The molecule has 2 amide bonds. The fourth-order valence-electron chi connectivity index (χ4n) is 2.88. The van der Waals surface area contributed by atoms with Gasteiger partial charge >= 0.3 is 6.03 Å². The summed E-state index contributed by atoms with van der Waals surface area (Å²) in [5.41, 5.74) is 2.18. The smallest absolute Gasteiger partial charge is 0.307 e. The van der Waals surface area contributed by atoms with Gasteiger partial charge in [-0.05, 0) is 45.1 Å². The predicted octanol–water partition coefficient (Wildman–Crippen LogP) is 3.85. The molecule has 1 atom stereocenters. The van der Waals surface area contributed by atoms with E-state index in [1.54, 1.807) is 0 Å². The van der Waals surface area contributed by atoms with Gasteiger partial charge in [0.05, 0.1) is 25.1 Å². The number of anilines is 1. The zero-order valence-electron chi connectivity index (χ0n) is 15.9. The highest BCUT2D eigenvalue weighted by Gasteiger charge is 2.34. The van der Waals surface area contributed by atoms with E-state index in [-0.39, 0.29) is 12.1 Å². The summed E-state index contributed by atoms with van der Waals surface area (Å²) in [5.74, 6) is 6.19. The Labute approximate surface area is 155 Å². The van der Waals surface area contributed by atoms with Crippen LogP contribution < -0.4 is 4.90 Å². The van der Waals surface area contributed by atoms with Gasteiger partial charge in [-0.15, -0.1) is 5.92 Å². The fourth-order valence-corrected chi connectivity index (χ4v) is 3.83. The molecule has 25 heavy (non-hydrogen) atoms. The molecule has 1 aliphatic rings. The molecule has 1 saturated heterocycles. The molecule has 0 saturated carbocycles. The van der Waals surface area contributed by atoms with E-state index >= 15 is 0 Å². The van der Waals surface area contributed by atoms with E-state index in [1.165, 1.54) is 11.5 Å². The summed E-state index contributed by atoms with van der Waals surface area (Å²) >= 11 is 1.42. The van der Waals surface area contributed by atoms with Crippen LogP contribution in [0.2, 0.25) is 0 Å². The molecule has 1 aromatic heterocycles. The van der Waals surface area contributed by atoms with E-state index in [0.717, 1.165) is 29.1 Å². The summed E-state index contributed by atoms with van der Waals surface area (Å²) in [6.45, 7) is 11.9. The van der Waals surface area contributed by atoms with Crippen LogP contribution in [-0.2, 0) is 6.42 Å². The molecule has 0 aliphatic carbocycles. The molecule has 0 N–H and O–H groups in total. The molecule has 1 aromatic rings. The maximum absolute atomic E-state index is 13.0. The highest BCUT2D eigenvalue weighted by Crippen LogP contribution is 2.31. The third kappa shape index (κ3) is 4.42. The number of hydrogen-bond donors (Lipinski definition) is 0. The molecule has 2 rings (SSSR count). The van der Waals surface area contributed by atoms with Gasteiger partial charge in [0.25, 0.3) is 0 Å². The molecule has 1 fully saturated rings. The van der Waals surface area contributed by atoms with Crippen LogP contribution in [-0.4, -0.2) is 46.1 Å². The van der Waals surface area contributed by atoms with E-state index in [2.05, 4.69) is 61.0 Å². The molecule has 0 radical (unpaired) electrons. The molecule has 1 aliphatic heterocycles. The second-order valence-corrected chi connectivity index (χ2v) is 6.92. The largest absolute Gasteiger partial charge is 0.327 e. The number of rotatable bonds is 6. The molecular formula is C19H28N4OS. The first-order valence-corrected chi connectivity index (χ1v) is 9.63. The Hall–Kier alpha value is -1.84. The van der Waals surface area contributed by atoms with Gasteiger partial charge in [-0.25, -0.2) is 4.79 Å². The molecule has 2 heterocycles. The van der Waals surface area contributed by atoms with Gasteiger partial charge in [-0.3, -0.25) is 9.80 Å². The van der Waals surface area contributed by atoms with E-state index in [1.807, 2.05) is 16.7 Å². The predicted molar refractivity (Wildman–Crippen MR) is 105 cm³/mol. The lowest BCUT2D eigenvalue weighted by Gasteiger charge is -2.42. The Morgan fingerprint density at radius 1 is 1.32 bits per heavy atom. The van der Waals surface area contributed by atoms with Crippen LogP contribution in [0.15, 0.2) is 12.2 Å². The number of amides is 2. The summed E-state index contributed by atoms with van der Waals surface area (Å²) in [6.07, 6.45) is 6.02. The van der Waals surface area contributed by atoms with Gasteiger partial charge < -0.3 is 4.90 Å². The topological polar surface area (TPSA) is 39.7 Å². The summed E-state index contributed by atoms with van der Waals surface area (Å²) < 4.78 is 4.52. The first-order valence-electron chi connectivity index (χ1n) is 8.86. The number of aryl methyl sites for hydroxylation is 1. The van der Waals surface area contributed by atoms with Crippen molar-refractivity contribution < 1.29 is 4.79 Å². The van der Waals surface area contributed by atoms with E-state index in [9.17, 15) is 4.79 Å². The third-order valence-electron chi connectivity index (χ3n) is 4.38. The lowest BCUT2D eigenvalue weighted by Crippen LogP contribution is -2.60. The van der Waals surface area contributed by atoms with Crippen LogP contribution in [0.25, 0.3) is 0 Å². The van der Waals surface area contributed by atoms with Gasteiger partial charge in [0, 0.05) is 12.1 Å². The number of hydrogen-bond acceptors (Lipinski definition) is 4. The minimum Gasteiger partial charge on any atom is -0.307 e.